The number of carboxylic acids is 1. The number of pyridine rings is 1. The van der Waals surface area contributed by atoms with Crippen molar-refractivity contribution in [3.05, 3.63) is 47.3 Å². The van der Waals surface area contributed by atoms with Crippen LogP contribution >= 0.6 is 0 Å². The summed E-state index contributed by atoms with van der Waals surface area (Å²) in [6, 6.07) is 5.60. The molecule has 19 heavy (non-hydrogen) atoms. The number of methoxy groups -OCH3 is 1. The monoisotopic (exact) mass is 257 g/mol. The average Bonchev–Trinajstić information content (AvgIpc) is 2.37. The molecule has 1 N–H and O–H groups in total. The lowest BCUT2D eigenvalue weighted by Crippen LogP contribution is -2.02. The minimum absolute atomic E-state index is 0.174. The molecule has 0 radical (unpaired) electrons. The first-order valence-electron chi connectivity index (χ1n) is 5.87. The highest BCUT2D eigenvalue weighted by Crippen LogP contribution is 2.35. The van der Waals surface area contributed by atoms with Crippen molar-refractivity contribution in [3.63, 3.8) is 0 Å². The van der Waals surface area contributed by atoms with Gasteiger partial charge >= 0.3 is 5.97 Å². The predicted octanol–water partition coefficient (Wildman–Crippen LogP) is 3.07. The smallest absolute Gasteiger partial charge is 0.337 e. The van der Waals surface area contributed by atoms with Gasteiger partial charge in [0.05, 0.1) is 12.7 Å². The maximum atomic E-state index is 11.3. The highest BCUT2D eigenvalue weighted by atomic mass is 16.5. The Hall–Kier alpha value is -2.36. The van der Waals surface area contributed by atoms with E-state index in [4.69, 9.17) is 4.74 Å². The van der Waals surface area contributed by atoms with Crippen molar-refractivity contribution >= 4 is 5.97 Å². The lowest BCUT2D eigenvalue weighted by Gasteiger charge is -2.14. The number of hydrogen-bond acceptors (Lipinski definition) is 3. The third-order valence-electron chi connectivity index (χ3n) is 2.98. The van der Waals surface area contributed by atoms with Crippen LogP contribution in [0.4, 0.5) is 0 Å². The minimum atomic E-state index is -0.995. The molecule has 1 aromatic carbocycles. The van der Waals surface area contributed by atoms with Gasteiger partial charge in [-0.25, -0.2) is 4.79 Å². The summed E-state index contributed by atoms with van der Waals surface area (Å²) in [5.74, 6) is -0.323. The maximum Gasteiger partial charge on any atom is 0.337 e. The molecule has 0 atom stereocenters. The highest BCUT2D eigenvalue weighted by Gasteiger charge is 2.17. The molecule has 0 aliphatic rings. The lowest BCUT2D eigenvalue weighted by atomic mass is 9.95. The molecule has 2 rings (SSSR count). The number of aromatic carboxylic acids is 1. The number of ether oxygens (including phenoxy) is 1. The van der Waals surface area contributed by atoms with Crippen LogP contribution < -0.4 is 4.74 Å². The van der Waals surface area contributed by atoms with Crippen LogP contribution in [-0.2, 0) is 0 Å². The van der Waals surface area contributed by atoms with Gasteiger partial charge in [0.15, 0.2) is 0 Å². The number of rotatable bonds is 3. The summed E-state index contributed by atoms with van der Waals surface area (Å²) >= 11 is 0. The van der Waals surface area contributed by atoms with E-state index < -0.39 is 5.97 Å². The van der Waals surface area contributed by atoms with Gasteiger partial charge in [-0.05, 0) is 37.1 Å². The van der Waals surface area contributed by atoms with E-state index in [1.54, 1.807) is 19.4 Å². The zero-order valence-electron chi connectivity index (χ0n) is 11.1. The highest BCUT2D eigenvalue weighted by molar-refractivity contribution is 5.97. The fourth-order valence-corrected chi connectivity index (χ4v) is 2.22. The average molecular weight is 257 g/mol. The quantitative estimate of drug-likeness (QED) is 0.918. The molecule has 0 unspecified atom stereocenters. The van der Waals surface area contributed by atoms with E-state index in [0.717, 1.165) is 16.7 Å². The van der Waals surface area contributed by atoms with Crippen LogP contribution in [-0.4, -0.2) is 23.2 Å². The first-order valence-corrected chi connectivity index (χ1v) is 5.87. The van der Waals surface area contributed by atoms with Crippen molar-refractivity contribution in [1.29, 1.82) is 0 Å². The van der Waals surface area contributed by atoms with Crippen LogP contribution in [0.2, 0.25) is 0 Å². The van der Waals surface area contributed by atoms with Crippen molar-refractivity contribution < 1.29 is 14.6 Å². The van der Waals surface area contributed by atoms with Crippen LogP contribution in [0.5, 0.6) is 5.75 Å². The van der Waals surface area contributed by atoms with Crippen LogP contribution in [0.25, 0.3) is 11.1 Å². The van der Waals surface area contributed by atoms with E-state index in [9.17, 15) is 9.90 Å². The van der Waals surface area contributed by atoms with E-state index in [-0.39, 0.29) is 5.56 Å². The summed E-state index contributed by atoms with van der Waals surface area (Å²) in [4.78, 5) is 15.2. The van der Waals surface area contributed by atoms with Crippen molar-refractivity contribution in [2.24, 2.45) is 0 Å². The van der Waals surface area contributed by atoms with Crippen LogP contribution in [0.15, 0.2) is 30.6 Å². The summed E-state index contributed by atoms with van der Waals surface area (Å²) in [6.45, 7) is 3.92. The van der Waals surface area contributed by atoms with Gasteiger partial charge in [-0.2, -0.15) is 0 Å². The topological polar surface area (TPSA) is 59.4 Å². The van der Waals surface area contributed by atoms with Gasteiger partial charge in [-0.1, -0.05) is 6.07 Å². The molecule has 0 fully saturated rings. The molecule has 0 saturated heterocycles. The molecule has 4 nitrogen and oxygen atoms in total. The molecule has 1 heterocycles. The fraction of sp³-hybridized carbons (Fsp3) is 0.200. The van der Waals surface area contributed by atoms with Crippen molar-refractivity contribution in [2.45, 2.75) is 13.8 Å². The SMILES string of the molecule is COc1cc(C)cc(C)c1-c1ccncc1C(=O)O. The zero-order valence-corrected chi connectivity index (χ0v) is 11.1. The van der Waals surface area contributed by atoms with Crippen molar-refractivity contribution in [1.82, 2.24) is 4.98 Å². The Labute approximate surface area is 111 Å². The normalized spacial score (nSPS) is 10.3. The van der Waals surface area contributed by atoms with E-state index in [0.29, 0.717) is 11.3 Å². The first kappa shape index (κ1) is 13.1. The van der Waals surface area contributed by atoms with Gasteiger partial charge in [0, 0.05) is 23.5 Å². The second kappa shape index (κ2) is 5.10. The molecular weight excluding hydrogens is 242 g/mol. The number of carboxylic acid groups (broad SMARTS) is 1. The second-order valence-electron chi connectivity index (χ2n) is 4.39. The van der Waals surface area contributed by atoms with E-state index in [1.165, 1.54) is 6.20 Å². The van der Waals surface area contributed by atoms with Gasteiger partial charge in [0.25, 0.3) is 0 Å². The largest absolute Gasteiger partial charge is 0.496 e. The molecule has 0 bridgehead atoms. The number of aromatic nitrogens is 1. The van der Waals surface area contributed by atoms with Gasteiger partial charge < -0.3 is 9.84 Å². The van der Waals surface area contributed by atoms with Crippen LogP contribution in [0.1, 0.15) is 21.5 Å². The maximum absolute atomic E-state index is 11.3. The summed E-state index contributed by atoms with van der Waals surface area (Å²) < 4.78 is 5.38. The molecule has 0 aliphatic carbocycles. The number of hydrogen-bond donors (Lipinski definition) is 1. The molecule has 1 aromatic heterocycles. The second-order valence-corrected chi connectivity index (χ2v) is 4.39. The summed E-state index contributed by atoms with van der Waals surface area (Å²) in [7, 11) is 1.58. The molecule has 2 aromatic rings. The third-order valence-corrected chi connectivity index (χ3v) is 2.98. The van der Waals surface area contributed by atoms with Gasteiger partial charge in [0.1, 0.15) is 5.75 Å². The van der Waals surface area contributed by atoms with Crippen molar-refractivity contribution in [2.75, 3.05) is 7.11 Å². The molecule has 0 amide bonds. The molecule has 0 saturated carbocycles. The van der Waals surface area contributed by atoms with Crippen molar-refractivity contribution in [3.8, 4) is 16.9 Å². The van der Waals surface area contributed by atoms with Crippen LogP contribution in [0, 0.1) is 13.8 Å². The minimum Gasteiger partial charge on any atom is -0.496 e. The lowest BCUT2D eigenvalue weighted by molar-refractivity contribution is 0.0697. The Kier molecular flexibility index (Phi) is 3.51. The Morgan fingerprint density at radius 2 is 2.05 bits per heavy atom. The van der Waals surface area contributed by atoms with Gasteiger partial charge in [-0.15, -0.1) is 0 Å². The molecule has 4 heteroatoms. The first-order chi connectivity index (χ1) is 9.04. The Bertz CT molecular complexity index is 635. The zero-order chi connectivity index (χ0) is 14.0. The third kappa shape index (κ3) is 2.42. The molecular formula is C15H15NO3. The molecule has 0 spiro atoms. The standard InChI is InChI=1S/C15H15NO3/c1-9-6-10(2)14(13(7-9)19-3)11-4-5-16-8-12(11)15(17)18/h4-8H,1-3H3,(H,17,18). The summed E-state index contributed by atoms with van der Waals surface area (Å²) in [5.41, 5.74) is 3.65. The Morgan fingerprint density at radius 3 is 2.68 bits per heavy atom. The summed E-state index contributed by atoms with van der Waals surface area (Å²) in [6.07, 6.45) is 2.94. The number of nitrogens with zero attached hydrogens (tertiary/aromatic N) is 1. The Balaban J connectivity index is 2.75. The molecule has 0 aliphatic heterocycles. The number of carbonyl (C=O) groups is 1. The summed E-state index contributed by atoms with van der Waals surface area (Å²) in [5, 5.41) is 9.26. The number of benzene rings is 1. The van der Waals surface area contributed by atoms with Gasteiger partial charge in [0.2, 0.25) is 0 Å². The van der Waals surface area contributed by atoms with E-state index in [2.05, 4.69) is 4.98 Å². The molecule has 98 valence electrons. The fourth-order valence-electron chi connectivity index (χ4n) is 2.22. The van der Waals surface area contributed by atoms with E-state index >= 15 is 0 Å². The Morgan fingerprint density at radius 1 is 1.32 bits per heavy atom. The number of aryl methyl sites for hydroxylation is 2. The van der Waals surface area contributed by atoms with Crippen LogP contribution in [0.3, 0.4) is 0 Å². The van der Waals surface area contributed by atoms with E-state index in [1.807, 2.05) is 26.0 Å². The predicted molar refractivity (Wildman–Crippen MR) is 72.7 cm³/mol. The van der Waals surface area contributed by atoms with Gasteiger partial charge in [-0.3, -0.25) is 4.98 Å².